The zero-order valence-electron chi connectivity index (χ0n) is 13.9. The zero-order chi connectivity index (χ0) is 17.8. The van der Waals surface area contributed by atoms with Crippen LogP contribution in [0.15, 0.2) is 48.5 Å². The molecular weight excluding hydrogens is 319 g/mol. The van der Waals surface area contributed by atoms with Crippen LogP contribution in [-0.4, -0.2) is 22.6 Å². The molecule has 2 aromatic carbocycles. The number of carboxylic acids is 1. The van der Waals surface area contributed by atoms with Crippen molar-refractivity contribution in [1.82, 2.24) is 4.98 Å². The highest BCUT2D eigenvalue weighted by Crippen LogP contribution is 2.29. The molecule has 25 heavy (non-hydrogen) atoms. The summed E-state index contributed by atoms with van der Waals surface area (Å²) in [7, 11) is 0. The van der Waals surface area contributed by atoms with Gasteiger partial charge in [0.15, 0.2) is 0 Å². The van der Waals surface area contributed by atoms with E-state index in [1.54, 1.807) is 12.1 Å². The van der Waals surface area contributed by atoms with E-state index in [2.05, 4.69) is 10.3 Å². The molecule has 3 aromatic rings. The molecule has 0 aliphatic rings. The number of carbonyl (C=O) groups is 1. The third-order valence-electron chi connectivity index (χ3n) is 4.16. The van der Waals surface area contributed by atoms with Crippen LogP contribution in [0.5, 0.6) is 0 Å². The molecule has 1 heterocycles. The predicted octanol–water partition coefficient (Wildman–Crippen LogP) is 3.96. The maximum atomic E-state index is 13.0. The molecule has 2 N–H and O–H groups in total. The Bertz CT molecular complexity index is 907. The van der Waals surface area contributed by atoms with Crippen molar-refractivity contribution in [1.29, 1.82) is 0 Å². The molecule has 0 fully saturated rings. The molecule has 3 rings (SSSR count). The van der Waals surface area contributed by atoms with Crippen LogP contribution in [0.4, 0.5) is 10.1 Å². The average Bonchev–Trinajstić information content (AvgIpc) is 2.59. The first kappa shape index (κ1) is 16.9. The van der Waals surface area contributed by atoms with E-state index in [0.717, 1.165) is 22.2 Å². The lowest BCUT2D eigenvalue weighted by atomic mass is 10.0. The Kier molecular flexibility index (Phi) is 4.93. The number of hydrogen-bond acceptors (Lipinski definition) is 3. The van der Waals surface area contributed by atoms with Gasteiger partial charge in [-0.25, -0.2) is 4.39 Å². The van der Waals surface area contributed by atoms with Crippen LogP contribution in [0.2, 0.25) is 0 Å². The Morgan fingerprint density at radius 3 is 2.60 bits per heavy atom. The Morgan fingerprint density at radius 2 is 1.88 bits per heavy atom. The summed E-state index contributed by atoms with van der Waals surface area (Å²) in [6, 6.07) is 14.1. The summed E-state index contributed by atoms with van der Waals surface area (Å²) in [5.41, 5.74) is 4.07. The van der Waals surface area contributed by atoms with Gasteiger partial charge in [0.05, 0.1) is 11.9 Å². The lowest BCUT2D eigenvalue weighted by Gasteiger charge is -2.16. The first-order valence-corrected chi connectivity index (χ1v) is 8.13. The lowest BCUT2D eigenvalue weighted by Crippen LogP contribution is -2.12. The van der Waals surface area contributed by atoms with Crippen LogP contribution in [0, 0.1) is 12.7 Å². The second kappa shape index (κ2) is 7.30. The second-order valence-corrected chi connectivity index (χ2v) is 5.94. The van der Waals surface area contributed by atoms with Gasteiger partial charge in [-0.2, -0.15) is 0 Å². The van der Waals surface area contributed by atoms with E-state index in [1.165, 1.54) is 12.1 Å². The van der Waals surface area contributed by atoms with Crippen LogP contribution in [0.1, 0.15) is 16.8 Å². The number of rotatable bonds is 6. The summed E-state index contributed by atoms with van der Waals surface area (Å²) in [6.07, 6.45) is 0.630. The van der Waals surface area contributed by atoms with Crippen molar-refractivity contribution < 1.29 is 14.3 Å². The Labute approximate surface area is 145 Å². The largest absolute Gasteiger partial charge is 0.481 e. The van der Waals surface area contributed by atoms with Crippen LogP contribution >= 0.6 is 0 Å². The molecule has 0 saturated heterocycles. The molecule has 0 saturated carbocycles. The summed E-state index contributed by atoms with van der Waals surface area (Å²) in [4.78, 5) is 15.8. The molecule has 4 nitrogen and oxygen atoms in total. The molecule has 5 heteroatoms. The van der Waals surface area contributed by atoms with Crippen LogP contribution in [0.25, 0.3) is 10.9 Å². The maximum absolute atomic E-state index is 13.0. The van der Waals surface area contributed by atoms with Crippen molar-refractivity contribution in [2.75, 3.05) is 11.9 Å². The van der Waals surface area contributed by atoms with Gasteiger partial charge in [0.2, 0.25) is 0 Å². The summed E-state index contributed by atoms with van der Waals surface area (Å²) in [6.45, 7) is 2.45. The fourth-order valence-electron chi connectivity index (χ4n) is 2.93. The summed E-state index contributed by atoms with van der Waals surface area (Å²) >= 11 is 0. The van der Waals surface area contributed by atoms with E-state index in [9.17, 15) is 14.3 Å². The molecule has 128 valence electrons. The molecule has 1 aromatic heterocycles. The smallest absolute Gasteiger partial charge is 0.307 e. The number of aryl methyl sites for hydroxylation is 1. The van der Waals surface area contributed by atoms with E-state index in [0.29, 0.717) is 24.2 Å². The summed E-state index contributed by atoms with van der Waals surface area (Å²) in [5, 5.41) is 13.5. The third kappa shape index (κ3) is 3.94. The highest BCUT2D eigenvalue weighted by Gasteiger charge is 2.15. The van der Waals surface area contributed by atoms with Gasteiger partial charge in [0.1, 0.15) is 5.82 Å². The Balaban J connectivity index is 1.89. The Hall–Kier alpha value is -2.95. The van der Waals surface area contributed by atoms with Crippen molar-refractivity contribution in [2.24, 2.45) is 0 Å². The molecule has 0 unspecified atom stereocenters. The van der Waals surface area contributed by atoms with Gasteiger partial charge in [0.25, 0.3) is 0 Å². The fourth-order valence-corrected chi connectivity index (χ4v) is 2.93. The number of hydrogen-bond donors (Lipinski definition) is 2. The van der Waals surface area contributed by atoms with Gasteiger partial charge in [0, 0.05) is 28.9 Å². The number of halogens is 1. The van der Waals surface area contributed by atoms with Gasteiger partial charge in [-0.05, 0) is 37.1 Å². The van der Waals surface area contributed by atoms with Crippen molar-refractivity contribution in [3.63, 3.8) is 0 Å². The lowest BCUT2D eigenvalue weighted by molar-refractivity contribution is -0.136. The first-order chi connectivity index (χ1) is 12.0. The average molecular weight is 338 g/mol. The van der Waals surface area contributed by atoms with Crippen molar-refractivity contribution in [3.05, 3.63) is 71.2 Å². The van der Waals surface area contributed by atoms with Gasteiger partial charge in [-0.1, -0.05) is 30.3 Å². The van der Waals surface area contributed by atoms with Crippen LogP contribution in [0.3, 0.4) is 0 Å². The minimum atomic E-state index is -0.887. The molecule has 0 atom stereocenters. The number of para-hydroxylation sites is 1. The molecule has 0 bridgehead atoms. The summed E-state index contributed by atoms with van der Waals surface area (Å²) in [5.74, 6) is -1.14. The van der Waals surface area contributed by atoms with E-state index >= 15 is 0 Å². The van der Waals surface area contributed by atoms with Crippen LogP contribution in [-0.2, 0) is 17.6 Å². The molecule has 0 amide bonds. The molecule has 0 spiro atoms. The number of nitrogens with zero attached hydrogens (tertiary/aromatic N) is 1. The van der Waals surface area contributed by atoms with E-state index < -0.39 is 5.97 Å². The quantitative estimate of drug-likeness (QED) is 0.714. The number of pyridine rings is 1. The highest BCUT2D eigenvalue weighted by atomic mass is 19.1. The van der Waals surface area contributed by atoms with Gasteiger partial charge in [-0.3, -0.25) is 9.78 Å². The van der Waals surface area contributed by atoms with E-state index in [4.69, 9.17) is 0 Å². The van der Waals surface area contributed by atoms with Crippen molar-refractivity contribution >= 4 is 22.6 Å². The molecule has 0 radical (unpaired) electrons. The second-order valence-electron chi connectivity index (χ2n) is 5.94. The van der Waals surface area contributed by atoms with Gasteiger partial charge in [-0.15, -0.1) is 0 Å². The zero-order valence-corrected chi connectivity index (χ0v) is 13.9. The maximum Gasteiger partial charge on any atom is 0.307 e. The fraction of sp³-hybridized carbons (Fsp3) is 0.200. The van der Waals surface area contributed by atoms with Crippen molar-refractivity contribution in [3.8, 4) is 0 Å². The Morgan fingerprint density at radius 1 is 1.16 bits per heavy atom. The number of benzene rings is 2. The standard InChI is InChI=1S/C20H19FN2O2/c1-13-17(12-19(24)25)20(16-4-2-3-5-18(16)23-13)22-11-10-14-6-8-15(21)9-7-14/h2-9H,10-12H2,1H3,(H,22,23)(H,24,25). The van der Waals surface area contributed by atoms with Gasteiger partial charge < -0.3 is 10.4 Å². The molecule has 0 aliphatic carbocycles. The normalized spacial score (nSPS) is 10.8. The van der Waals surface area contributed by atoms with Gasteiger partial charge >= 0.3 is 5.97 Å². The number of aromatic nitrogens is 1. The number of carboxylic acid groups (broad SMARTS) is 1. The highest BCUT2D eigenvalue weighted by molar-refractivity contribution is 5.94. The molecular formula is C20H19FN2O2. The molecule has 0 aliphatic heterocycles. The van der Waals surface area contributed by atoms with Crippen LogP contribution < -0.4 is 5.32 Å². The minimum absolute atomic E-state index is 0.0808. The first-order valence-electron chi connectivity index (χ1n) is 8.13. The topological polar surface area (TPSA) is 62.2 Å². The minimum Gasteiger partial charge on any atom is -0.481 e. The monoisotopic (exact) mass is 338 g/mol. The number of fused-ring (bicyclic) bond motifs is 1. The van der Waals surface area contributed by atoms with Crippen molar-refractivity contribution in [2.45, 2.75) is 19.8 Å². The predicted molar refractivity (Wildman–Crippen MR) is 96.4 cm³/mol. The van der Waals surface area contributed by atoms with E-state index in [-0.39, 0.29) is 12.2 Å². The SMILES string of the molecule is Cc1nc2ccccc2c(NCCc2ccc(F)cc2)c1CC(=O)O. The summed E-state index contributed by atoms with van der Waals surface area (Å²) < 4.78 is 13.0. The number of aliphatic carboxylic acids is 1. The number of nitrogens with one attached hydrogen (secondary N) is 1. The third-order valence-corrected chi connectivity index (χ3v) is 4.16. The van der Waals surface area contributed by atoms with E-state index in [1.807, 2.05) is 31.2 Å². The number of anilines is 1.